The molecule has 0 aromatic heterocycles. The van der Waals surface area contributed by atoms with Gasteiger partial charge in [-0.1, -0.05) is 70.4 Å². The van der Waals surface area contributed by atoms with Crippen LogP contribution in [0, 0.1) is 0 Å². The number of carboxylic acids is 2. The molecule has 3 N–H and O–H groups in total. The molecular formula is C23H41NO5. The molecule has 0 spiro atoms. The number of carbonyl (C=O) groups excluding carboxylic acids is 1. The van der Waals surface area contributed by atoms with Gasteiger partial charge in [0.2, 0.25) is 5.91 Å². The van der Waals surface area contributed by atoms with Crippen LogP contribution in [-0.4, -0.2) is 34.1 Å². The number of amides is 1. The summed E-state index contributed by atoms with van der Waals surface area (Å²) in [6.45, 7) is 2.26. The van der Waals surface area contributed by atoms with E-state index in [1.165, 1.54) is 70.6 Å². The van der Waals surface area contributed by atoms with Crippen LogP contribution < -0.4 is 5.32 Å². The first-order chi connectivity index (χ1) is 14.0. The number of rotatable bonds is 16. The fraction of sp³-hybridized carbons (Fsp3) is 0.783. The molecule has 1 aliphatic rings. The summed E-state index contributed by atoms with van der Waals surface area (Å²) < 4.78 is 0. The Morgan fingerprint density at radius 3 is 1.83 bits per heavy atom. The first-order valence-electron chi connectivity index (χ1n) is 11.4. The minimum absolute atomic E-state index is 0.164. The van der Waals surface area contributed by atoms with Gasteiger partial charge in [0.25, 0.3) is 0 Å². The first-order valence-corrected chi connectivity index (χ1v) is 11.4. The van der Waals surface area contributed by atoms with Crippen molar-refractivity contribution in [3.8, 4) is 0 Å². The van der Waals surface area contributed by atoms with E-state index in [0.29, 0.717) is 19.3 Å². The van der Waals surface area contributed by atoms with Crippen molar-refractivity contribution in [3.05, 3.63) is 12.2 Å². The number of aliphatic carboxylic acids is 2. The van der Waals surface area contributed by atoms with Gasteiger partial charge in [0, 0.05) is 12.8 Å². The van der Waals surface area contributed by atoms with Crippen molar-refractivity contribution < 1.29 is 24.6 Å². The molecule has 0 bridgehead atoms. The van der Waals surface area contributed by atoms with E-state index in [2.05, 4.69) is 24.4 Å². The third kappa shape index (κ3) is 19.2. The number of hydrogen-bond acceptors (Lipinski definition) is 3. The molecule has 1 rings (SSSR count). The summed E-state index contributed by atoms with van der Waals surface area (Å²) in [7, 11) is 0. The summed E-state index contributed by atoms with van der Waals surface area (Å²) in [6.07, 6.45) is 22.0. The number of unbranched alkanes of at least 4 members (excludes halogenated alkanes) is 11. The van der Waals surface area contributed by atoms with Crippen LogP contribution in [0.3, 0.4) is 0 Å². The molecule has 1 heterocycles. The van der Waals surface area contributed by atoms with Crippen LogP contribution in [0.5, 0.6) is 0 Å². The van der Waals surface area contributed by atoms with E-state index in [9.17, 15) is 14.4 Å². The maximum atomic E-state index is 10.4. The van der Waals surface area contributed by atoms with Gasteiger partial charge in [0.15, 0.2) is 0 Å². The zero-order chi connectivity index (χ0) is 21.7. The lowest BCUT2D eigenvalue weighted by atomic mass is 10.1. The fourth-order valence-corrected chi connectivity index (χ4v) is 3.15. The Hall–Kier alpha value is -1.85. The second-order valence-corrected chi connectivity index (χ2v) is 7.73. The highest BCUT2D eigenvalue weighted by Gasteiger charge is 2.26. The Morgan fingerprint density at radius 1 is 0.897 bits per heavy atom. The Morgan fingerprint density at radius 2 is 1.41 bits per heavy atom. The van der Waals surface area contributed by atoms with Gasteiger partial charge in [-0.25, -0.2) is 4.79 Å². The van der Waals surface area contributed by atoms with Gasteiger partial charge in [-0.05, 0) is 38.5 Å². The van der Waals surface area contributed by atoms with Crippen molar-refractivity contribution in [2.75, 3.05) is 0 Å². The summed E-state index contributed by atoms with van der Waals surface area (Å²) in [4.78, 5) is 30.8. The molecule has 1 unspecified atom stereocenters. The Labute approximate surface area is 176 Å². The smallest absolute Gasteiger partial charge is 0.326 e. The Kier molecular flexibility index (Phi) is 18.2. The molecule has 1 atom stereocenters. The van der Waals surface area contributed by atoms with E-state index in [1.807, 2.05) is 0 Å². The van der Waals surface area contributed by atoms with E-state index in [4.69, 9.17) is 10.2 Å². The molecule has 0 aromatic carbocycles. The highest BCUT2D eigenvalue weighted by atomic mass is 16.4. The van der Waals surface area contributed by atoms with Crippen LogP contribution in [0.25, 0.3) is 0 Å². The maximum absolute atomic E-state index is 10.4. The highest BCUT2D eigenvalue weighted by molar-refractivity contribution is 5.87. The van der Waals surface area contributed by atoms with Crippen molar-refractivity contribution in [2.24, 2.45) is 0 Å². The predicted molar refractivity (Wildman–Crippen MR) is 116 cm³/mol. The average Bonchev–Trinajstić information content (AvgIpc) is 3.12. The summed E-state index contributed by atoms with van der Waals surface area (Å²) >= 11 is 0. The van der Waals surface area contributed by atoms with Gasteiger partial charge < -0.3 is 15.5 Å². The normalized spacial score (nSPS) is 15.8. The molecule has 0 aliphatic carbocycles. The lowest BCUT2D eigenvalue weighted by Gasteiger charge is -1.99. The third-order valence-corrected chi connectivity index (χ3v) is 4.95. The molecule has 1 fully saturated rings. The Bertz CT molecular complexity index is 476. The molecular weight excluding hydrogens is 370 g/mol. The van der Waals surface area contributed by atoms with E-state index in [1.54, 1.807) is 0 Å². The van der Waals surface area contributed by atoms with Crippen molar-refractivity contribution in [3.63, 3.8) is 0 Å². The van der Waals surface area contributed by atoms with Gasteiger partial charge >= 0.3 is 11.9 Å². The van der Waals surface area contributed by atoms with Crippen molar-refractivity contribution in [2.45, 2.75) is 116 Å². The summed E-state index contributed by atoms with van der Waals surface area (Å²) in [5, 5.41) is 19.1. The van der Waals surface area contributed by atoms with Gasteiger partial charge in [-0.15, -0.1) is 0 Å². The van der Waals surface area contributed by atoms with Crippen molar-refractivity contribution in [1.29, 1.82) is 0 Å². The van der Waals surface area contributed by atoms with E-state index in [0.717, 1.165) is 12.8 Å². The zero-order valence-electron chi connectivity index (χ0n) is 18.2. The summed E-state index contributed by atoms with van der Waals surface area (Å²) in [5.41, 5.74) is 0. The Balaban J connectivity index is 0.000000717. The topological polar surface area (TPSA) is 104 Å². The summed E-state index contributed by atoms with van der Waals surface area (Å²) in [6, 6.07) is -0.641. The minimum Gasteiger partial charge on any atom is -0.481 e. The lowest BCUT2D eigenvalue weighted by molar-refractivity contribution is -0.140. The predicted octanol–water partition coefficient (Wildman–Crippen LogP) is 5.46. The van der Waals surface area contributed by atoms with Crippen molar-refractivity contribution in [1.82, 2.24) is 5.32 Å². The maximum Gasteiger partial charge on any atom is 0.326 e. The molecule has 1 saturated heterocycles. The van der Waals surface area contributed by atoms with E-state index < -0.39 is 18.0 Å². The second kappa shape index (κ2) is 19.5. The number of hydrogen-bond donors (Lipinski definition) is 3. The van der Waals surface area contributed by atoms with Crippen LogP contribution in [0.15, 0.2) is 12.2 Å². The average molecular weight is 412 g/mol. The van der Waals surface area contributed by atoms with E-state index >= 15 is 0 Å². The standard InChI is InChI=1S/C18H34O2.C5H7NO3/c1-2-3-4-5-6-7-8-9-10-11-12-13-14-15-16-17-18(19)20;7-4-2-1-3(6-4)5(8)9/h9-10H,2-8,11-17H2,1H3,(H,19,20);3H,1-2H2,(H,6,7)(H,8,9). The van der Waals surface area contributed by atoms with E-state index in [-0.39, 0.29) is 5.91 Å². The molecule has 6 heteroatoms. The number of carbonyl (C=O) groups is 3. The molecule has 1 aliphatic heterocycles. The molecule has 0 radical (unpaired) electrons. The highest BCUT2D eigenvalue weighted by Crippen LogP contribution is 2.10. The number of carboxylic acid groups (broad SMARTS) is 2. The molecule has 29 heavy (non-hydrogen) atoms. The van der Waals surface area contributed by atoms with Crippen LogP contribution in [0.2, 0.25) is 0 Å². The summed E-state index contributed by atoms with van der Waals surface area (Å²) in [5.74, 6) is -1.77. The molecule has 6 nitrogen and oxygen atoms in total. The molecule has 0 saturated carbocycles. The third-order valence-electron chi connectivity index (χ3n) is 4.95. The molecule has 1 amide bonds. The largest absolute Gasteiger partial charge is 0.481 e. The van der Waals surface area contributed by atoms with Gasteiger partial charge in [-0.2, -0.15) is 0 Å². The second-order valence-electron chi connectivity index (χ2n) is 7.73. The van der Waals surface area contributed by atoms with Gasteiger partial charge in [0.1, 0.15) is 6.04 Å². The van der Waals surface area contributed by atoms with Crippen LogP contribution in [0.4, 0.5) is 0 Å². The molecule has 168 valence electrons. The van der Waals surface area contributed by atoms with Gasteiger partial charge in [-0.3, -0.25) is 9.59 Å². The number of nitrogens with one attached hydrogen (secondary N) is 1. The lowest BCUT2D eigenvalue weighted by Crippen LogP contribution is -2.32. The molecule has 0 aromatic rings. The zero-order valence-corrected chi connectivity index (χ0v) is 18.2. The van der Waals surface area contributed by atoms with Crippen LogP contribution >= 0.6 is 0 Å². The monoisotopic (exact) mass is 411 g/mol. The number of allylic oxidation sites excluding steroid dienone is 2. The van der Waals surface area contributed by atoms with Crippen LogP contribution in [-0.2, 0) is 14.4 Å². The fourth-order valence-electron chi connectivity index (χ4n) is 3.15. The van der Waals surface area contributed by atoms with Crippen LogP contribution in [0.1, 0.15) is 110 Å². The van der Waals surface area contributed by atoms with Crippen molar-refractivity contribution >= 4 is 17.8 Å². The van der Waals surface area contributed by atoms with Gasteiger partial charge in [0.05, 0.1) is 0 Å². The SMILES string of the molecule is CCCCCCCCC=CCCCCCCCC(=O)O.O=C1CCC(C(=O)O)N1. The quantitative estimate of drug-likeness (QED) is 0.231. The minimum atomic E-state index is -0.944. The first kappa shape index (κ1) is 27.1.